The van der Waals surface area contributed by atoms with Crippen LogP contribution >= 0.6 is 0 Å². The lowest BCUT2D eigenvalue weighted by molar-refractivity contribution is -0.385. The summed E-state index contributed by atoms with van der Waals surface area (Å²) in [6, 6.07) is 1.64. The second kappa shape index (κ2) is 6.86. The van der Waals surface area contributed by atoms with Gasteiger partial charge in [0, 0.05) is 23.1 Å². The molecule has 1 rings (SSSR count). The monoisotopic (exact) mass is 280 g/mol. The van der Waals surface area contributed by atoms with Crippen molar-refractivity contribution in [2.75, 3.05) is 13.7 Å². The normalized spacial score (nSPS) is 10.1. The molecule has 0 N–H and O–H groups in total. The van der Waals surface area contributed by atoms with Gasteiger partial charge >= 0.3 is 5.97 Å². The summed E-state index contributed by atoms with van der Waals surface area (Å²) in [5.74, 6) is -1.83. The first-order valence-electron chi connectivity index (χ1n) is 5.25. The van der Waals surface area contributed by atoms with E-state index >= 15 is 0 Å². The first kappa shape index (κ1) is 15.1. The topological polar surface area (TPSA) is 118 Å². The van der Waals surface area contributed by atoms with Gasteiger partial charge in [-0.3, -0.25) is 10.1 Å². The van der Waals surface area contributed by atoms with E-state index in [1.54, 1.807) is 0 Å². The number of azide groups is 1. The number of esters is 1. The second-order valence-electron chi connectivity index (χ2n) is 3.46. The van der Waals surface area contributed by atoms with Crippen LogP contribution in [-0.2, 0) is 4.74 Å². The highest BCUT2D eigenvalue weighted by atomic mass is 19.1. The molecule has 0 amide bonds. The third-order valence-electron chi connectivity index (χ3n) is 2.26. The molecule has 0 unspecified atom stereocenters. The van der Waals surface area contributed by atoms with Gasteiger partial charge in [0.1, 0.15) is 11.4 Å². The summed E-state index contributed by atoms with van der Waals surface area (Å²) in [5.41, 5.74) is 6.93. The number of halogens is 1. The van der Waals surface area contributed by atoms with Crippen LogP contribution in [0.25, 0.3) is 16.5 Å². The van der Waals surface area contributed by atoms with Gasteiger partial charge in [-0.2, -0.15) is 0 Å². The minimum Gasteiger partial charge on any atom is -0.465 e. The number of rotatable bonds is 5. The van der Waals surface area contributed by atoms with Crippen LogP contribution in [0.4, 0.5) is 10.1 Å². The average Bonchev–Trinajstić information content (AvgIpc) is 2.43. The molecule has 0 aliphatic carbocycles. The molecule has 0 aliphatic heterocycles. The molecule has 1 aromatic rings. The predicted octanol–water partition coefficient (Wildman–Crippen LogP) is 2.84. The number of benzene rings is 1. The number of nitrogens with zero attached hydrogens (tertiary/aromatic N) is 4. The molecule has 0 fully saturated rings. The third-order valence-corrected chi connectivity index (χ3v) is 2.26. The van der Waals surface area contributed by atoms with E-state index < -0.39 is 28.0 Å². The highest BCUT2D eigenvalue weighted by Crippen LogP contribution is 2.24. The molecule has 0 saturated heterocycles. The fraction of sp³-hybridized carbons (Fsp3) is 0.182. The number of nitro benzene ring substituents is 1. The van der Waals surface area contributed by atoms with Crippen molar-refractivity contribution >= 4 is 17.7 Å². The number of nitro groups is 1. The van der Waals surface area contributed by atoms with E-state index in [1.807, 2.05) is 0 Å². The summed E-state index contributed by atoms with van der Waals surface area (Å²) in [5, 5.41) is 14.1. The molecule has 1 aromatic carbocycles. The minimum atomic E-state index is -1.000. The van der Waals surface area contributed by atoms with Crippen molar-refractivity contribution in [3.8, 4) is 0 Å². The van der Waals surface area contributed by atoms with Crippen LogP contribution in [-0.4, -0.2) is 24.5 Å². The lowest BCUT2D eigenvalue weighted by Crippen LogP contribution is -2.07. The Morgan fingerprint density at radius 3 is 2.90 bits per heavy atom. The van der Waals surface area contributed by atoms with Crippen LogP contribution in [0.5, 0.6) is 0 Å². The zero-order valence-electron chi connectivity index (χ0n) is 10.3. The molecular weight excluding hydrogens is 271 g/mol. The lowest BCUT2D eigenvalue weighted by atomic mass is 10.1. The number of ether oxygens (including phenoxy) is 1. The summed E-state index contributed by atoms with van der Waals surface area (Å²) in [7, 11) is 1.04. The van der Waals surface area contributed by atoms with Gasteiger partial charge in [-0.1, -0.05) is 17.3 Å². The molecule has 0 heterocycles. The molecule has 0 spiro atoms. The van der Waals surface area contributed by atoms with Crippen LogP contribution in [0.15, 0.2) is 23.3 Å². The molecule has 9 heteroatoms. The van der Waals surface area contributed by atoms with Gasteiger partial charge in [-0.25, -0.2) is 9.18 Å². The zero-order valence-corrected chi connectivity index (χ0v) is 10.3. The Hall–Kier alpha value is -2.93. The molecule has 0 saturated carbocycles. The van der Waals surface area contributed by atoms with Crippen molar-refractivity contribution in [2.24, 2.45) is 5.11 Å². The Kier molecular flexibility index (Phi) is 5.19. The van der Waals surface area contributed by atoms with E-state index in [-0.39, 0.29) is 12.1 Å². The molecule has 0 aliphatic rings. The molecule has 0 radical (unpaired) electrons. The highest BCUT2D eigenvalue weighted by Gasteiger charge is 2.23. The highest BCUT2D eigenvalue weighted by molar-refractivity contribution is 5.94. The van der Waals surface area contributed by atoms with Crippen molar-refractivity contribution in [1.29, 1.82) is 0 Å². The SMILES string of the molecule is COC(=O)c1cc(F)c(C=CCN=[N+]=[N-])cc1[N+](=O)[O-]. The standard InChI is InChI=1S/C11H9FN4O4/c1-20-11(17)8-6-9(12)7(3-2-4-14-15-13)5-10(8)16(18)19/h2-3,5-6H,4H2,1H3. The first-order valence-corrected chi connectivity index (χ1v) is 5.25. The Bertz CT molecular complexity index is 623. The van der Waals surface area contributed by atoms with E-state index in [0.717, 1.165) is 19.2 Å². The number of carbonyl (C=O) groups excluding carboxylic acids is 1. The van der Waals surface area contributed by atoms with Gasteiger partial charge < -0.3 is 4.74 Å². The predicted molar refractivity (Wildman–Crippen MR) is 67.4 cm³/mol. The zero-order chi connectivity index (χ0) is 15.1. The number of hydrogen-bond acceptors (Lipinski definition) is 5. The smallest absolute Gasteiger partial charge is 0.344 e. The fourth-order valence-electron chi connectivity index (χ4n) is 1.39. The fourth-order valence-corrected chi connectivity index (χ4v) is 1.39. The largest absolute Gasteiger partial charge is 0.465 e. The number of methoxy groups -OCH3 is 1. The molecule has 20 heavy (non-hydrogen) atoms. The molecular formula is C11H9FN4O4. The summed E-state index contributed by atoms with van der Waals surface area (Å²) >= 11 is 0. The van der Waals surface area contributed by atoms with E-state index in [2.05, 4.69) is 14.8 Å². The first-order chi connectivity index (χ1) is 9.51. The average molecular weight is 280 g/mol. The van der Waals surface area contributed by atoms with Crippen molar-refractivity contribution in [3.63, 3.8) is 0 Å². The number of hydrogen-bond donors (Lipinski definition) is 0. The van der Waals surface area contributed by atoms with E-state index in [9.17, 15) is 19.3 Å². The molecule has 0 atom stereocenters. The van der Waals surface area contributed by atoms with Crippen molar-refractivity contribution in [1.82, 2.24) is 0 Å². The number of carbonyl (C=O) groups is 1. The van der Waals surface area contributed by atoms with Gasteiger partial charge in [0.25, 0.3) is 5.69 Å². The molecule has 0 aromatic heterocycles. The molecule has 8 nitrogen and oxygen atoms in total. The van der Waals surface area contributed by atoms with Crippen LogP contribution in [0.3, 0.4) is 0 Å². The molecule has 104 valence electrons. The Morgan fingerprint density at radius 2 is 2.35 bits per heavy atom. The lowest BCUT2D eigenvalue weighted by Gasteiger charge is -2.03. The summed E-state index contributed by atoms with van der Waals surface area (Å²) in [6.07, 6.45) is 2.55. The van der Waals surface area contributed by atoms with Gasteiger partial charge in [-0.05, 0) is 11.6 Å². The maximum Gasteiger partial charge on any atom is 0.344 e. The van der Waals surface area contributed by atoms with Crippen LogP contribution in [0.1, 0.15) is 15.9 Å². The third kappa shape index (κ3) is 3.53. The van der Waals surface area contributed by atoms with Gasteiger partial charge in [0.15, 0.2) is 0 Å². The van der Waals surface area contributed by atoms with Gasteiger partial charge in [0.2, 0.25) is 0 Å². The van der Waals surface area contributed by atoms with Crippen LogP contribution in [0.2, 0.25) is 0 Å². The van der Waals surface area contributed by atoms with Crippen molar-refractivity contribution < 1.29 is 18.8 Å². The van der Waals surface area contributed by atoms with E-state index in [1.165, 1.54) is 12.2 Å². The maximum absolute atomic E-state index is 13.7. The van der Waals surface area contributed by atoms with Gasteiger partial charge in [0.05, 0.1) is 12.0 Å². The van der Waals surface area contributed by atoms with Gasteiger partial charge in [-0.15, -0.1) is 0 Å². The summed E-state index contributed by atoms with van der Waals surface area (Å²) < 4.78 is 18.1. The molecule has 0 bridgehead atoms. The Labute approximate surface area is 112 Å². The van der Waals surface area contributed by atoms with E-state index in [0.29, 0.717) is 0 Å². The maximum atomic E-state index is 13.7. The minimum absolute atomic E-state index is 0.0253. The Morgan fingerprint density at radius 1 is 1.65 bits per heavy atom. The summed E-state index contributed by atoms with van der Waals surface area (Å²) in [6.45, 7) is -0.0253. The van der Waals surface area contributed by atoms with Crippen LogP contribution < -0.4 is 0 Å². The van der Waals surface area contributed by atoms with E-state index in [4.69, 9.17) is 5.53 Å². The van der Waals surface area contributed by atoms with Crippen molar-refractivity contribution in [2.45, 2.75) is 0 Å². The Balaban J connectivity index is 3.26. The van der Waals surface area contributed by atoms with Crippen molar-refractivity contribution in [3.05, 3.63) is 55.7 Å². The quantitative estimate of drug-likeness (QED) is 0.206. The second-order valence-corrected chi connectivity index (χ2v) is 3.46. The van der Waals surface area contributed by atoms with Crippen LogP contribution in [0, 0.1) is 15.9 Å². The summed E-state index contributed by atoms with van der Waals surface area (Å²) in [4.78, 5) is 23.9.